The van der Waals surface area contributed by atoms with Gasteiger partial charge in [0.1, 0.15) is 12.1 Å². The Kier molecular flexibility index (Phi) is 8.76. The molecule has 12 atom stereocenters. The van der Waals surface area contributed by atoms with Crippen molar-refractivity contribution in [3.8, 4) is 11.4 Å². The first-order valence-electron chi connectivity index (χ1n) is 20.5. The number of nitrogens with two attached hydrogens (primary N) is 1. The molecule has 4 saturated carbocycles. The molecule has 0 unspecified atom stereocenters. The Morgan fingerprint density at radius 1 is 1.09 bits per heavy atom. The Balaban J connectivity index is 1.24. The van der Waals surface area contributed by atoms with Crippen molar-refractivity contribution < 1.29 is 23.8 Å². The molecule has 0 radical (unpaired) electrons. The van der Waals surface area contributed by atoms with E-state index in [0.29, 0.717) is 49.0 Å². The lowest BCUT2D eigenvalue weighted by Crippen LogP contribution is -2.69. The highest BCUT2D eigenvalue weighted by molar-refractivity contribution is 5.73. The first kappa shape index (κ1) is 37.3. The van der Waals surface area contributed by atoms with Crippen molar-refractivity contribution in [2.24, 2.45) is 68.3 Å². The molecule has 3 N–H and O–H groups in total. The molecule has 1 aromatic carbocycles. The molecule has 6 aliphatic rings. The predicted octanol–water partition coefficient (Wildman–Crippen LogP) is 8.73. The Morgan fingerprint density at radius 3 is 2.51 bits per heavy atom. The summed E-state index contributed by atoms with van der Waals surface area (Å²) in [6.07, 6.45) is 11.4. The summed E-state index contributed by atoms with van der Waals surface area (Å²) in [5.41, 5.74) is 6.82. The maximum absolute atomic E-state index is 15.5. The lowest BCUT2D eigenvalue weighted by atomic mass is 9.34. The molecule has 5 fully saturated rings. The van der Waals surface area contributed by atoms with Crippen molar-refractivity contribution in [1.82, 2.24) is 14.8 Å². The molecule has 8 nitrogen and oxygen atoms in total. The number of ether oxygens (including phenoxy) is 2. The van der Waals surface area contributed by atoms with E-state index >= 15 is 4.39 Å². The molecule has 53 heavy (non-hydrogen) atoms. The molecule has 0 spiro atoms. The number of benzene rings is 1. The van der Waals surface area contributed by atoms with Crippen molar-refractivity contribution in [2.45, 2.75) is 124 Å². The summed E-state index contributed by atoms with van der Waals surface area (Å²) in [6.45, 7) is 19.8. The molecule has 8 rings (SSSR count). The lowest BCUT2D eigenvalue weighted by molar-refractivity contribution is -0.252. The van der Waals surface area contributed by atoms with Crippen molar-refractivity contribution >= 4 is 5.97 Å². The van der Waals surface area contributed by atoms with Gasteiger partial charge in [-0.3, -0.25) is 4.79 Å². The fraction of sp³-hybridized carbons (Fsp3) is 0.750. The van der Waals surface area contributed by atoms with E-state index in [-0.39, 0.29) is 51.5 Å². The molecule has 1 saturated heterocycles. The number of carboxylic acids is 1. The summed E-state index contributed by atoms with van der Waals surface area (Å²) in [6, 6.07) is 6.58. The van der Waals surface area contributed by atoms with E-state index < -0.39 is 22.8 Å². The average Bonchev–Trinajstić information content (AvgIpc) is 3.86. The van der Waals surface area contributed by atoms with E-state index in [1.165, 1.54) is 11.6 Å². The number of carbonyl (C=O) groups is 1. The van der Waals surface area contributed by atoms with Crippen LogP contribution in [0.2, 0.25) is 0 Å². The standard InChI is InChI=1S/C44H63FN4O4/c1-26(2)27(3)39(4)19-20-41(6)30-15-16-34-40(5)22-52-24-44(34,31(30)17-18-42(41,7)35(39)38(50)51)21-33(36(40)53-23-43(8,46)28-13-14-28)49-37(47-25-48-49)29-11-9-10-12-32(29)45/h9-12,17,25-28,30,33-36H,13-16,18-24,46H2,1-8H3,(H,50,51)/t27-,30+,33-,34+,35-,36+,39-,40-,41-,42+,43+,44+/m1/s1. The molecular weight excluding hydrogens is 668 g/mol. The summed E-state index contributed by atoms with van der Waals surface area (Å²) < 4.78 is 31.3. The fourth-order valence-corrected chi connectivity index (χ4v) is 13.6. The molecular formula is C44H63FN4O4. The number of halogens is 1. The van der Waals surface area contributed by atoms with Crippen molar-refractivity contribution in [3.63, 3.8) is 0 Å². The number of nitrogens with zero attached hydrogens (tertiary/aromatic N) is 3. The molecule has 9 heteroatoms. The zero-order valence-electron chi connectivity index (χ0n) is 33.3. The molecule has 2 heterocycles. The first-order valence-corrected chi connectivity index (χ1v) is 20.5. The van der Waals surface area contributed by atoms with Gasteiger partial charge in [-0.15, -0.1) is 0 Å². The monoisotopic (exact) mass is 730 g/mol. The van der Waals surface area contributed by atoms with Crippen LogP contribution in [0, 0.1) is 68.4 Å². The minimum Gasteiger partial charge on any atom is -0.481 e. The van der Waals surface area contributed by atoms with Crippen LogP contribution in [0.1, 0.15) is 113 Å². The smallest absolute Gasteiger partial charge is 0.307 e. The van der Waals surface area contributed by atoms with Crippen LogP contribution in [-0.4, -0.2) is 57.3 Å². The van der Waals surface area contributed by atoms with Gasteiger partial charge in [0, 0.05) is 16.4 Å². The van der Waals surface area contributed by atoms with E-state index in [0.717, 1.165) is 51.4 Å². The summed E-state index contributed by atoms with van der Waals surface area (Å²) in [5.74, 6) is 0.778. The predicted molar refractivity (Wildman–Crippen MR) is 203 cm³/mol. The van der Waals surface area contributed by atoms with Gasteiger partial charge in [-0.25, -0.2) is 14.1 Å². The Hall–Kier alpha value is -2.62. The van der Waals surface area contributed by atoms with Crippen molar-refractivity contribution in [2.75, 3.05) is 19.8 Å². The summed E-state index contributed by atoms with van der Waals surface area (Å²) in [4.78, 5) is 18.2. The first-order chi connectivity index (χ1) is 24.9. The minimum atomic E-state index is -0.645. The van der Waals surface area contributed by atoms with Crippen LogP contribution in [0.25, 0.3) is 11.4 Å². The van der Waals surface area contributed by atoms with Gasteiger partial charge in [-0.05, 0) is 116 Å². The highest BCUT2D eigenvalue weighted by atomic mass is 19.1. The number of carboxylic acid groups (broad SMARTS) is 1. The van der Waals surface area contributed by atoms with E-state index in [1.54, 1.807) is 18.5 Å². The third kappa shape index (κ3) is 5.24. The fourth-order valence-electron chi connectivity index (χ4n) is 13.6. The number of aromatic nitrogens is 3. The number of hydrogen-bond donors (Lipinski definition) is 2. The average molecular weight is 731 g/mol. The van der Waals surface area contributed by atoms with Crippen LogP contribution in [0.5, 0.6) is 0 Å². The van der Waals surface area contributed by atoms with E-state index in [4.69, 9.17) is 20.3 Å². The van der Waals surface area contributed by atoms with Gasteiger partial charge in [0.2, 0.25) is 0 Å². The quantitative estimate of drug-likeness (QED) is 0.248. The molecule has 5 aliphatic carbocycles. The maximum atomic E-state index is 15.5. The summed E-state index contributed by atoms with van der Waals surface area (Å²) in [5, 5.41) is 16.0. The normalized spacial score (nSPS) is 42.5. The third-order valence-corrected chi connectivity index (χ3v) is 17.2. The highest BCUT2D eigenvalue weighted by Gasteiger charge is 2.72. The van der Waals surface area contributed by atoms with Gasteiger partial charge in [-0.1, -0.05) is 72.2 Å². The van der Waals surface area contributed by atoms with Crippen LogP contribution >= 0.6 is 0 Å². The van der Waals surface area contributed by atoms with Gasteiger partial charge in [0.15, 0.2) is 5.82 Å². The van der Waals surface area contributed by atoms with Gasteiger partial charge < -0.3 is 20.3 Å². The van der Waals surface area contributed by atoms with Crippen LogP contribution in [0.15, 0.2) is 42.2 Å². The second-order valence-corrected chi connectivity index (χ2v) is 20.1. The van der Waals surface area contributed by atoms with Crippen LogP contribution in [0.4, 0.5) is 4.39 Å². The van der Waals surface area contributed by atoms with E-state index in [1.807, 2.05) is 10.7 Å². The zero-order chi connectivity index (χ0) is 37.9. The largest absolute Gasteiger partial charge is 0.481 e. The molecule has 290 valence electrons. The van der Waals surface area contributed by atoms with Crippen LogP contribution in [-0.2, 0) is 14.3 Å². The molecule has 2 bridgehead atoms. The number of allylic oxidation sites excluding steroid dienone is 1. The highest BCUT2D eigenvalue weighted by Crippen LogP contribution is 2.75. The van der Waals surface area contributed by atoms with Gasteiger partial charge >= 0.3 is 5.97 Å². The lowest BCUT2D eigenvalue weighted by Gasteiger charge is -2.71. The second kappa shape index (κ2) is 12.4. The minimum absolute atomic E-state index is 0.191. The SMILES string of the molecule is CC(C)[C@@H](C)[C@@]1(C)CC[C@]2(C)[C@H]3CC[C@@H]4[C@@]5(COC[C@@]4(C)[C@@H](OC[C@](C)(N)C4CC4)[C@H](n4ncnc4-c4ccccc4F)C5)C3=CC[C@@]2(C)[C@@H]1C(=O)O. The zero-order valence-corrected chi connectivity index (χ0v) is 33.3. The van der Waals surface area contributed by atoms with Crippen LogP contribution < -0.4 is 5.73 Å². The van der Waals surface area contributed by atoms with E-state index in [9.17, 15) is 9.90 Å². The topological polar surface area (TPSA) is 112 Å². The van der Waals surface area contributed by atoms with Gasteiger partial charge in [0.05, 0.1) is 43.4 Å². The van der Waals surface area contributed by atoms with Crippen LogP contribution in [0.3, 0.4) is 0 Å². The third-order valence-electron chi connectivity index (χ3n) is 17.2. The van der Waals surface area contributed by atoms with Crippen molar-refractivity contribution in [1.29, 1.82) is 0 Å². The Bertz CT molecular complexity index is 1790. The molecule has 1 aliphatic heterocycles. The Morgan fingerprint density at radius 2 is 1.83 bits per heavy atom. The summed E-state index contributed by atoms with van der Waals surface area (Å²) >= 11 is 0. The Labute approximate surface area is 315 Å². The van der Waals surface area contributed by atoms with Gasteiger partial charge in [-0.2, -0.15) is 5.10 Å². The number of rotatable bonds is 9. The second-order valence-electron chi connectivity index (χ2n) is 20.1. The molecule has 0 amide bonds. The maximum Gasteiger partial charge on any atom is 0.307 e. The molecule has 1 aromatic heterocycles. The number of aliphatic carboxylic acids is 1. The van der Waals surface area contributed by atoms with Crippen molar-refractivity contribution in [3.05, 3.63) is 48.1 Å². The number of fused-ring (bicyclic) bond motifs is 3. The van der Waals surface area contributed by atoms with Gasteiger partial charge in [0.25, 0.3) is 0 Å². The number of hydrogen-bond acceptors (Lipinski definition) is 6. The summed E-state index contributed by atoms with van der Waals surface area (Å²) in [7, 11) is 0. The van der Waals surface area contributed by atoms with E-state index in [2.05, 4.69) is 66.4 Å². The molecule has 2 aromatic rings.